The largest absolute Gasteiger partial charge is 0.0623 e. The van der Waals surface area contributed by atoms with Crippen LogP contribution in [0.25, 0.3) is 0 Å². The first-order valence-corrected chi connectivity index (χ1v) is 10.0. The predicted molar refractivity (Wildman–Crippen MR) is 96.3 cm³/mol. The molecule has 0 atom stereocenters. The summed E-state index contributed by atoms with van der Waals surface area (Å²) in [4.78, 5) is 0. The van der Waals surface area contributed by atoms with Crippen molar-refractivity contribution in [2.24, 2.45) is 0 Å². The Morgan fingerprint density at radius 3 is 1.67 bits per heavy atom. The predicted octanol–water partition coefficient (Wildman–Crippen LogP) is 7.82. The van der Waals surface area contributed by atoms with Gasteiger partial charge < -0.3 is 0 Å². The molecule has 0 heteroatoms. The highest BCUT2D eigenvalue weighted by Crippen LogP contribution is 2.27. The lowest BCUT2D eigenvalue weighted by Gasteiger charge is -2.15. The summed E-state index contributed by atoms with van der Waals surface area (Å²) in [5.74, 6) is 1.91. The molecule has 1 rings (SSSR count). The molecule has 2 radical (unpaired) electrons. The highest BCUT2D eigenvalue weighted by Gasteiger charge is 2.10. The molecular formula is C21H40. The molecule has 1 aliphatic carbocycles. The highest BCUT2D eigenvalue weighted by molar-refractivity contribution is 4.89. The van der Waals surface area contributed by atoms with E-state index in [4.69, 9.17) is 0 Å². The Morgan fingerprint density at radius 1 is 0.619 bits per heavy atom. The van der Waals surface area contributed by atoms with Gasteiger partial charge in [-0.1, -0.05) is 103 Å². The lowest BCUT2D eigenvalue weighted by Crippen LogP contribution is -1.98. The van der Waals surface area contributed by atoms with Gasteiger partial charge in [-0.15, -0.1) is 0 Å². The SMILES string of the molecule is C[CH]CCCCCCCC[C]1CCCCCCCCCC1. The summed E-state index contributed by atoms with van der Waals surface area (Å²) in [6.45, 7) is 2.18. The first kappa shape index (κ1) is 19.0. The van der Waals surface area contributed by atoms with Gasteiger partial charge in [-0.05, 0) is 31.6 Å². The highest BCUT2D eigenvalue weighted by atomic mass is 14.2. The zero-order valence-electron chi connectivity index (χ0n) is 14.8. The Hall–Kier alpha value is 0. The lowest BCUT2D eigenvalue weighted by atomic mass is 9.90. The van der Waals surface area contributed by atoms with Gasteiger partial charge in [-0.2, -0.15) is 0 Å². The monoisotopic (exact) mass is 292 g/mol. The smallest absolute Gasteiger partial charge is 0.0241 e. The molecule has 124 valence electrons. The second kappa shape index (κ2) is 14.9. The van der Waals surface area contributed by atoms with Gasteiger partial charge in [0.2, 0.25) is 0 Å². The first-order valence-electron chi connectivity index (χ1n) is 10.0. The summed E-state index contributed by atoms with van der Waals surface area (Å²) in [7, 11) is 0. The molecular weight excluding hydrogens is 252 g/mol. The van der Waals surface area contributed by atoms with Crippen molar-refractivity contribution in [3.8, 4) is 0 Å². The summed E-state index contributed by atoms with van der Waals surface area (Å²) in [6, 6.07) is 0. The lowest BCUT2D eigenvalue weighted by molar-refractivity contribution is 0.532. The Kier molecular flexibility index (Phi) is 13.5. The molecule has 0 amide bonds. The van der Waals surface area contributed by atoms with Gasteiger partial charge in [0.1, 0.15) is 0 Å². The number of hydrogen-bond acceptors (Lipinski definition) is 0. The number of hydrogen-bond donors (Lipinski definition) is 0. The third kappa shape index (κ3) is 12.2. The van der Waals surface area contributed by atoms with Crippen molar-refractivity contribution in [1.82, 2.24) is 0 Å². The summed E-state index contributed by atoms with van der Waals surface area (Å²) in [5.41, 5.74) is 0. The van der Waals surface area contributed by atoms with Crippen LogP contribution in [0.3, 0.4) is 0 Å². The Labute approximate surface area is 135 Å². The van der Waals surface area contributed by atoms with Crippen LogP contribution < -0.4 is 0 Å². The van der Waals surface area contributed by atoms with Crippen LogP contribution in [-0.4, -0.2) is 0 Å². The van der Waals surface area contributed by atoms with Gasteiger partial charge >= 0.3 is 0 Å². The number of unbranched alkanes of at least 4 members (excludes halogenated alkanes) is 7. The van der Waals surface area contributed by atoms with Gasteiger partial charge in [0.25, 0.3) is 0 Å². The summed E-state index contributed by atoms with van der Waals surface area (Å²) in [5, 5.41) is 0. The van der Waals surface area contributed by atoms with Crippen LogP contribution in [0.1, 0.15) is 122 Å². The molecule has 0 heterocycles. The van der Waals surface area contributed by atoms with Crippen LogP contribution in [0.4, 0.5) is 0 Å². The Bertz CT molecular complexity index is 184. The average molecular weight is 293 g/mol. The van der Waals surface area contributed by atoms with Crippen molar-refractivity contribution in [2.45, 2.75) is 122 Å². The van der Waals surface area contributed by atoms with Gasteiger partial charge in [0.05, 0.1) is 0 Å². The average Bonchev–Trinajstić information content (AvgIpc) is 2.56. The van der Waals surface area contributed by atoms with Crippen LogP contribution in [0, 0.1) is 12.3 Å². The third-order valence-electron chi connectivity index (χ3n) is 5.08. The van der Waals surface area contributed by atoms with Crippen molar-refractivity contribution in [3.63, 3.8) is 0 Å². The fourth-order valence-corrected chi connectivity index (χ4v) is 3.62. The standard InChI is InChI=1S/C21H40/c1-2-3-4-5-6-9-12-15-18-21-19-16-13-10-7-8-11-14-17-20-21/h2H,3-20H2,1H3. The zero-order valence-corrected chi connectivity index (χ0v) is 14.8. The molecule has 0 nitrogen and oxygen atoms in total. The van der Waals surface area contributed by atoms with Crippen molar-refractivity contribution in [3.05, 3.63) is 12.3 Å². The van der Waals surface area contributed by atoms with E-state index in [0.29, 0.717) is 0 Å². The minimum atomic E-state index is 1.32. The molecule has 1 saturated carbocycles. The molecule has 1 fully saturated rings. The van der Waals surface area contributed by atoms with E-state index >= 15 is 0 Å². The van der Waals surface area contributed by atoms with Crippen LogP contribution >= 0.6 is 0 Å². The fourth-order valence-electron chi connectivity index (χ4n) is 3.62. The molecule has 0 spiro atoms. The molecule has 0 saturated heterocycles. The van der Waals surface area contributed by atoms with Crippen molar-refractivity contribution >= 4 is 0 Å². The van der Waals surface area contributed by atoms with Crippen molar-refractivity contribution in [1.29, 1.82) is 0 Å². The molecule has 0 N–H and O–H groups in total. The summed E-state index contributed by atoms with van der Waals surface area (Å²) < 4.78 is 0. The van der Waals surface area contributed by atoms with E-state index < -0.39 is 0 Å². The molecule has 0 bridgehead atoms. The van der Waals surface area contributed by atoms with E-state index in [1.54, 1.807) is 0 Å². The van der Waals surface area contributed by atoms with Gasteiger partial charge in [0.15, 0.2) is 0 Å². The van der Waals surface area contributed by atoms with E-state index in [-0.39, 0.29) is 0 Å². The quantitative estimate of drug-likeness (QED) is 0.380. The topological polar surface area (TPSA) is 0 Å². The molecule has 0 aromatic carbocycles. The molecule has 0 aliphatic heterocycles. The zero-order chi connectivity index (χ0) is 15.0. The van der Waals surface area contributed by atoms with Crippen LogP contribution in [-0.2, 0) is 0 Å². The Balaban J connectivity index is 1.99. The van der Waals surface area contributed by atoms with E-state index in [1.165, 1.54) is 116 Å². The van der Waals surface area contributed by atoms with Crippen LogP contribution in [0.2, 0.25) is 0 Å². The van der Waals surface area contributed by atoms with Gasteiger partial charge in [0, 0.05) is 0 Å². The van der Waals surface area contributed by atoms with E-state index in [2.05, 4.69) is 13.3 Å². The molecule has 0 aromatic rings. The maximum atomic E-state index is 2.30. The number of rotatable bonds is 9. The van der Waals surface area contributed by atoms with E-state index in [0.717, 1.165) is 0 Å². The molecule has 21 heavy (non-hydrogen) atoms. The molecule has 1 aliphatic rings. The third-order valence-corrected chi connectivity index (χ3v) is 5.08. The van der Waals surface area contributed by atoms with E-state index in [9.17, 15) is 0 Å². The minimum absolute atomic E-state index is 1.32. The Morgan fingerprint density at radius 2 is 1.10 bits per heavy atom. The van der Waals surface area contributed by atoms with E-state index in [1.807, 2.05) is 5.92 Å². The van der Waals surface area contributed by atoms with Crippen LogP contribution in [0.15, 0.2) is 0 Å². The summed E-state index contributed by atoms with van der Waals surface area (Å²) in [6.07, 6.45) is 28.6. The first-order chi connectivity index (χ1) is 10.4. The van der Waals surface area contributed by atoms with Gasteiger partial charge in [-0.25, -0.2) is 0 Å². The minimum Gasteiger partial charge on any atom is -0.0623 e. The maximum Gasteiger partial charge on any atom is -0.0241 e. The second-order valence-corrected chi connectivity index (χ2v) is 7.15. The summed E-state index contributed by atoms with van der Waals surface area (Å²) >= 11 is 0. The maximum absolute atomic E-state index is 2.30. The normalized spacial score (nSPS) is 19.3. The van der Waals surface area contributed by atoms with Crippen LogP contribution in [0.5, 0.6) is 0 Å². The molecule has 0 aromatic heterocycles. The van der Waals surface area contributed by atoms with Gasteiger partial charge in [-0.3, -0.25) is 0 Å². The van der Waals surface area contributed by atoms with Crippen molar-refractivity contribution in [2.75, 3.05) is 0 Å². The fraction of sp³-hybridized carbons (Fsp3) is 0.905. The van der Waals surface area contributed by atoms with Crippen molar-refractivity contribution < 1.29 is 0 Å². The molecule has 0 unspecified atom stereocenters. The second-order valence-electron chi connectivity index (χ2n) is 7.15.